The Labute approximate surface area is 89.9 Å². The van der Waals surface area contributed by atoms with E-state index in [-0.39, 0.29) is 12.3 Å². The molecule has 0 saturated carbocycles. The Morgan fingerprint density at radius 1 is 1.53 bits per heavy atom. The van der Waals surface area contributed by atoms with Crippen molar-refractivity contribution in [2.45, 2.75) is 38.5 Å². The molecule has 0 aliphatic carbocycles. The number of carbonyl (C=O) groups excluding carboxylic acids is 1. The average Bonchev–Trinajstić information content (AvgIpc) is 2.71. The average molecular weight is 217 g/mol. The van der Waals surface area contributed by atoms with Crippen LogP contribution in [0.4, 0.5) is 0 Å². The highest BCUT2D eigenvalue weighted by atomic mass is 16.7. The fourth-order valence-electron chi connectivity index (χ4n) is 1.45. The summed E-state index contributed by atoms with van der Waals surface area (Å²) in [6, 6.07) is -0.522. The molecule has 5 nitrogen and oxygen atoms in total. The Bertz CT molecular complexity index is 192. The Hall–Kier alpha value is -0.650. The van der Waals surface area contributed by atoms with E-state index in [4.69, 9.17) is 19.9 Å². The number of ether oxygens (including phenoxy) is 3. The normalized spacial score (nSPS) is 19.1. The molecule has 1 saturated heterocycles. The molecular weight excluding hydrogens is 198 g/mol. The minimum atomic E-state index is -0.522. The van der Waals surface area contributed by atoms with Gasteiger partial charge in [-0.25, -0.2) is 0 Å². The molecule has 1 atom stereocenters. The van der Waals surface area contributed by atoms with Gasteiger partial charge in [0, 0.05) is 0 Å². The van der Waals surface area contributed by atoms with E-state index in [0.717, 1.165) is 12.8 Å². The van der Waals surface area contributed by atoms with Gasteiger partial charge in [-0.05, 0) is 26.2 Å². The van der Waals surface area contributed by atoms with E-state index < -0.39 is 6.04 Å². The highest BCUT2D eigenvalue weighted by Gasteiger charge is 2.18. The predicted octanol–water partition coefficient (Wildman–Crippen LogP) is 0.420. The van der Waals surface area contributed by atoms with Crippen LogP contribution in [0.1, 0.15) is 26.2 Å². The molecule has 1 fully saturated rings. The summed E-state index contributed by atoms with van der Waals surface area (Å²) in [5, 5.41) is 0. The first kappa shape index (κ1) is 12.4. The molecule has 1 rings (SSSR count). The Morgan fingerprint density at radius 2 is 2.20 bits per heavy atom. The van der Waals surface area contributed by atoms with Crippen LogP contribution >= 0.6 is 0 Å². The monoisotopic (exact) mass is 217 g/mol. The molecule has 1 unspecified atom stereocenters. The maximum absolute atomic E-state index is 11.2. The molecule has 1 aliphatic rings. The highest BCUT2D eigenvalue weighted by Crippen LogP contribution is 2.12. The summed E-state index contributed by atoms with van der Waals surface area (Å²) in [4.78, 5) is 11.2. The second kappa shape index (κ2) is 6.76. The van der Waals surface area contributed by atoms with Crippen LogP contribution in [0.2, 0.25) is 0 Å². The fourth-order valence-corrected chi connectivity index (χ4v) is 1.45. The summed E-state index contributed by atoms with van der Waals surface area (Å²) in [6.45, 7) is 3.47. The van der Waals surface area contributed by atoms with E-state index in [0.29, 0.717) is 26.2 Å². The first-order chi connectivity index (χ1) is 7.24. The third-order valence-electron chi connectivity index (χ3n) is 2.24. The molecule has 0 radical (unpaired) electrons. The second-order valence-electron chi connectivity index (χ2n) is 3.46. The zero-order valence-electron chi connectivity index (χ0n) is 9.11. The van der Waals surface area contributed by atoms with Gasteiger partial charge in [0.25, 0.3) is 0 Å². The summed E-state index contributed by atoms with van der Waals surface area (Å²) in [7, 11) is 0. The number of esters is 1. The maximum atomic E-state index is 11.2. The molecule has 15 heavy (non-hydrogen) atoms. The molecule has 2 N–H and O–H groups in total. The lowest BCUT2D eigenvalue weighted by molar-refractivity contribution is -0.145. The van der Waals surface area contributed by atoms with Crippen molar-refractivity contribution < 1.29 is 19.0 Å². The summed E-state index contributed by atoms with van der Waals surface area (Å²) in [5.74, 6) is -0.328. The molecule has 0 aromatic heterocycles. The molecule has 0 spiro atoms. The molecule has 0 bridgehead atoms. The van der Waals surface area contributed by atoms with Crippen LogP contribution in [0.5, 0.6) is 0 Å². The SMILES string of the molecule is CCOC(=O)C(N)CCCC1OCCO1. The number of hydrogen-bond donors (Lipinski definition) is 1. The van der Waals surface area contributed by atoms with E-state index >= 15 is 0 Å². The van der Waals surface area contributed by atoms with Crippen LogP contribution in [0.15, 0.2) is 0 Å². The zero-order valence-corrected chi connectivity index (χ0v) is 9.11. The molecule has 0 aromatic rings. The number of carbonyl (C=O) groups is 1. The summed E-state index contributed by atoms with van der Waals surface area (Å²) >= 11 is 0. The van der Waals surface area contributed by atoms with Gasteiger partial charge in [-0.1, -0.05) is 0 Å². The van der Waals surface area contributed by atoms with Crippen molar-refractivity contribution in [2.24, 2.45) is 5.73 Å². The first-order valence-corrected chi connectivity index (χ1v) is 5.39. The van der Waals surface area contributed by atoms with E-state index in [2.05, 4.69) is 0 Å². The minimum Gasteiger partial charge on any atom is -0.465 e. The smallest absolute Gasteiger partial charge is 0.322 e. The lowest BCUT2D eigenvalue weighted by Gasteiger charge is -2.12. The van der Waals surface area contributed by atoms with Crippen molar-refractivity contribution in [3.8, 4) is 0 Å². The Balaban J connectivity index is 2.05. The van der Waals surface area contributed by atoms with Crippen LogP contribution in [0.25, 0.3) is 0 Å². The topological polar surface area (TPSA) is 70.8 Å². The van der Waals surface area contributed by atoms with E-state index in [1.807, 2.05) is 0 Å². The minimum absolute atomic E-state index is 0.112. The van der Waals surface area contributed by atoms with Gasteiger partial charge in [0.05, 0.1) is 19.8 Å². The molecular formula is C10H19NO4. The number of hydrogen-bond acceptors (Lipinski definition) is 5. The van der Waals surface area contributed by atoms with Crippen molar-refractivity contribution in [3.05, 3.63) is 0 Å². The highest BCUT2D eigenvalue weighted by molar-refractivity contribution is 5.75. The van der Waals surface area contributed by atoms with Crippen molar-refractivity contribution in [1.29, 1.82) is 0 Å². The number of rotatable bonds is 6. The molecule has 0 aromatic carbocycles. The molecule has 1 aliphatic heterocycles. The van der Waals surface area contributed by atoms with Gasteiger partial charge in [-0.3, -0.25) is 4.79 Å². The van der Waals surface area contributed by atoms with E-state index in [9.17, 15) is 4.79 Å². The largest absolute Gasteiger partial charge is 0.465 e. The second-order valence-corrected chi connectivity index (χ2v) is 3.46. The number of nitrogens with two attached hydrogens (primary N) is 1. The first-order valence-electron chi connectivity index (χ1n) is 5.39. The van der Waals surface area contributed by atoms with Gasteiger partial charge in [-0.2, -0.15) is 0 Å². The molecule has 0 amide bonds. The summed E-state index contributed by atoms with van der Waals surface area (Å²) < 4.78 is 15.3. The summed E-state index contributed by atoms with van der Waals surface area (Å²) in [6.07, 6.45) is 2.10. The van der Waals surface area contributed by atoms with Crippen LogP contribution in [-0.4, -0.2) is 38.1 Å². The standard InChI is InChI=1S/C10H19NO4/c1-2-13-10(12)8(11)4-3-5-9-14-6-7-15-9/h8-9H,2-7,11H2,1H3. The van der Waals surface area contributed by atoms with Gasteiger partial charge in [0.2, 0.25) is 0 Å². The molecule has 88 valence electrons. The van der Waals surface area contributed by atoms with Crippen molar-refractivity contribution in [1.82, 2.24) is 0 Å². The third kappa shape index (κ3) is 4.59. The van der Waals surface area contributed by atoms with E-state index in [1.54, 1.807) is 6.92 Å². The van der Waals surface area contributed by atoms with Crippen LogP contribution in [0.3, 0.4) is 0 Å². The quantitative estimate of drug-likeness (QED) is 0.653. The van der Waals surface area contributed by atoms with Crippen molar-refractivity contribution >= 4 is 5.97 Å². The predicted molar refractivity (Wildman–Crippen MR) is 54.2 cm³/mol. The van der Waals surface area contributed by atoms with E-state index in [1.165, 1.54) is 0 Å². The van der Waals surface area contributed by atoms with Gasteiger partial charge < -0.3 is 19.9 Å². The Morgan fingerprint density at radius 3 is 2.80 bits per heavy atom. The van der Waals surface area contributed by atoms with Crippen LogP contribution < -0.4 is 5.73 Å². The van der Waals surface area contributed by atoms with Gasteiger partial charge in [0.15, 0.2) is 6.29 Å². The van der Waals surface area contributed by atoms with Gasteiger partial charge in [-0.15, -0.1) is 0 Å². The summed E-state index contributed by atoms with van der Waals surface area (Å²) in [5.41, 5.74) is 5.63. The lowest BCUT2D eigenvalue weighted by Crippen LogP contribution is -2.32. The van der Waals surface area contributed by atoms with Crippen molar-refractivity contribution in [3.63, 3.8) is 0 Å². The zero-order chi connectivity index (χ0) is 11.1. The van der Waals surface area contributed by atoms with Crippen LogP contribution in [0, 0.1) is 0 Å². The van der Waals surface area contributed by atoms with Gasteiger partial charge >= 0.3 is 5.97 Å². The third-order valence-corrected chi connectivity index (χ3v) is 2.24. The molecule has 1 heterocycles. The molecule has 5 heteroatoms. The lowest BCUT2D eigenvalue weighted by atomic mass is 10.1. The van der Waals surface area contributed by atoms with Crippen molar-refractivity contribution in [2.75, 3.05) is 19.8 Å². The van der Waals surface area contributed by atoms with Crippen LogP contribution in [-0.2, 0) is 19.0 Å². The Kier molecular flexibility index (Phi) is 5.60. The van der Waals surface area contributed by atoms with Gasteiger partial charge in [0.1, 0.15) is 6.04 Å². The maximum Gasteiger partial charge on any atom is 0.322 e. The fraction of sp³-hybridized carbons (Fsp3) is 0.900.